The van der Waals surface area contributed by atoms with Gasteiger partial charge in [-0.15, -0.1) is 11.3 Å². The second-order valence-electron chi connectivity index (χ2n) is 4.98. The summed E-state index contributed by atoms with van der Waals surface area (Å²) in [4.78, 5) is 37.9. The van der Waals surface area contributed by atoms with Crippen LogP contribution in [0.3, 0.4) is 0 Å². The summed E-state index contributed by atoms with van der Waals surface area (Å²) in [5.41, 5.74) is 0. The van der Waals surface area contributed by atoms with Crippen molar-refractivity contribution in [1.82, 2.24) is 15.5 Å². The SMILES string of the molecule is O=C1NC(=O)[C@H](CC(=O)N2CCC[C@H]2c2cccs2)N1. The molecule has 20 heavy (non-hydrogen) atoms. The Morgan fingerprint density at radius 2 is 2.30 bits per heavy atom. The quantitative estimate of drug-likeness (QED) is 0.816. The molecule has 7 heteroatoms. The van der Waals surface area contributed by atoms with E-state index in [1.54, 1.807) is 11.3 Å². The minimum absolute atomic E-state index is 0.0272. The first kappa shape index (κ1) is 13.1. The normalized spacial score (nSPS) is 25.7. The highest BCUT2D eigenvalue weighted by atomic mass is 32.1. The Morgan fingerprint density at radius 1 is 1.45 bits per heavy atom. The summed E-state index contributed by atoms with van der Waals surface area (Å²) in [6, 6.07) is 2.86. The largest absolute Gasteiger partial charge is 0.335 e. The van der Waals surface area contributed by atoms with Crippen LogP contribution in [0.2, 0.25) is 0 Å². The monoisotopic (exact) mass is 293 g/mol. The predicted octanol–water partition coefficient (Wildman–Crippen LogP) is 1.01. The lowest BCUT2D eigenvalue weighted by molar-refractivity contribution is -0.134. The molecule has 6 nitrogen and oxygen atoms in total. The van der Waals surface area contributed by atoms with Gasteiger partial charge in [0.1, 0.15) is 6.04 Å². The lowest BCUT2D eigenvalue weighted by atomic mass is 10.1. The average Bonchev–Trinajstić information content (AvgIpc) is 3.11. The molecule has 2 atom stereocenters. The molecule has 0 radical (unpaired) electrons. The molecule has 2 aliphatic rings. The first-order valence-corrected chi connectivity index (χ1v) is 7.47. The van der Waals surface area contributed by atoms with Gasteiger partial charge in [0, 0.05) is 11.4 Å². The first-order chi connectivity index (χ1) is 9.65. The van der Waals surface area contributed by atoms with E-state index in [4.69, 9.17) is 0 Å². The van der Waals surface area contributed by atoms with Gasteiger partial charge in [-0.1, -0.05) is 6.07 Å². The Kier molecular flexibility index (Phi) is 3.43. The maximum Gasteiger partial charge on any atom is 0.322 e. The van der Waals surface area contributed by atoms with Crippen LogP contribution in [0.4, 0.5) is 4.79 Å². The Morgan fingerprint density at radius 3 is 2.95 bits per heavy atom. The van der Waals surface area contributed by atoms with Gasteiger partial charge in [-0.25, -0.2) is 4.79 Å². The molecule has 1 aromatic rings. The standard InChI is InChI=1S/C13H15N3O3S/c17-11(7-8-12(18)15-13(19)14-8)16-5-1-3-9(16)10-4-2-6-20-10/h2,4,6,8-9H,1,3,5,7H2,(H2,14,15,18,19)/t8-,9-/m0/s1. The highest BCUT2D eigenvalue weighted by Gasteiger charge is 2.36. The van der Waals surface area contributed by atoms with Gasteiger partial charge in [0.25, 0.3) is 5.91 Å². The summed E-state index contributed by atoms with van der Waals surface area (Å²) in [6.07, 6.45) is 1.95. The molecule has 1 aromatic heterocycles. The van der Waals surface area contributed by atoms with Crippen molar-refractivity contribution in [1.29, 1.82) is 0 Å². The smallest absolute Gasteiger partial charge is 0.322 e. The van der Waals surface area contributed by atoms with Crippen LogP contribution in [0.5, 0.6) is 0 Å². The first-order valence-electron chi connectivity index (χ1n) is 6.59. The molecule has 0 spiro atoms. The Bertz CT molecular complexity index is 543. The molecule has 4 amide bonds. The number of urea groups is 1. The van der Waals surface area contributed by atoms with E-state index in [0.29, 0.717) is 6.54 Å². The lowest BCUT2D eigenvalue weighted by Gasteiger charge is -2.24. The number of hydrogen-bond donors (Lipinski definition) is 2. The van der Waals surface area contributed by atoms with Gasteiger partial charge in [0.15, 0.2) is 0 Å². The van der Waals surface area contributed by atoms with Crippen LogP contribution in [0.25, 0.3) is 0 Å². The number of hydrogen-bond acceptors (Lipinski definition) is 4. The van der Waals surface area contributed by atoms with Gasteiger partial charge in [0.05, 0.1) is 12.5 Å². The fourth-order valence-electron chi connectivity index (χ4n) is 2.74. The zero-order valence-electron chi connectivity index (χ0n) is 10.8. The van der Waals surface area contributed by atoms with Gasteiger partial charge in [-0.3, -0.25) is 14.9 Å². The molecule has 0 unspecified atom stereocenters. The van der Waals surface area contributed by atoms with Crippen LogP contribution in [0.15, 0.2) is 17.5 Å². The highest BCUT2D eigenvalue weighted by molar-refractivity contribution is 7.10. The molecule has 0 aromatic carbocycles. The molecule has 106 valence electrons. The van der Waals surface area contributed by atoms with E-state index in [0.717, 1.165) is 12.8 Å². The third-order valence-electron chi connectivity index (χ3n) is 3.68. The van der Waals surface area contributed by atoms with Crippen molar-refractivity contribution in [3.8, 4) is 0 Å². The lowest BCUT2D eigenvalue weighted by Crippen LogP contribution is -2.38. The van der Waals surface area contributed by atoms with E-state index in [1.165, 1.54) is 4.88 Å². The van der Waals surface area contributed by atoms with Gasteiger partial charge in [-0.05, 0) is 24.3 Å². The van der Waals surface area contributed by atoms with Crippen LogP contribution in [-0.2, 0) is 9.59 Å². The number of rotatable bonds is 3. The summed E-state index contributed by atoms with van der Waals surface area (Å²) in [6.45, 7) is 0.712. The van der Waals surface area contributed by atoms with Gasteiger partial charge < -0.3 is 10.2 Å². The third-order valence-corrected chi connectivity index (χ3v) is 4.66. The summed E-state index contributed by atoms with van der Waals surface area (Å²) in [5.74, 6) is -0.501. The van der Waals surface area contributed by atoms with E-state index in [9.17, 15) is 14.4 Å². The molecule has 2 saturated heterocycles. The Hall–Kier alpha value is -1.89. The van der Waals surface area contributed by atoms with E-state index >= 15 is 0 Å². The van der Waals surface area contributed by atoms with Crippen molar-refractivity contribution >= 4 is 29.2 Å². The van der Waals surface area contributed by atoms with Gasteiger partial charge in [-0.2, -0.15) is 0 Å². The number of nitrogens with one attached hydrogen (secondary N) is 2. The minimum Gasteiger partial charge on any atom is -0.335 e. The van der Waals surface area contributed by atoms with Gasteiger partial charge >= 0.3 is 6.03 Å². The molecule has 3 rings (SSSR count). The fourth-order valence-corrected chi connectivity index (χ4v) is 3.61. The van der Waals surface area contributed by atoms with E-state index < -0.39 is 18.0 Å². The number of carbonyl (C=O) groups excluding carboxylic acids is 3. The highest BCUT2D eigenvalue weighted by Crippen LogP contribution is 2.34. The molecule has 2 fully saturated rings. The predicted molar refractivity (Wildman–Crippen MR) is 73.1 cm³/mol. The van der Waals surface area contributed by atoms with Crippen molar-refractivity contribution in [2.75, 3.05) is 6.54 Å². The van der Waals surface area contributed by atoms with E-state index in [1.807, 2.05) is 22.4 Å². The number of thiophene rings is 1. The second-order valence-corrected chi connectivity index (χ2v) is 5.96. The molecule has 3 heterocycles. The average molecular weight is 293 g/mol. The van der Waals surface area contributed by atoms with E-state index in [2.05, 4.69) is 10.6 Å². The summed E-state index contributed by atoms with van der Waals surface area (Å²) < 4.78 is 0. The second kappa shape index (κ2) is 5.24. The number of amides is 4. The maximum absolute atomic E-state index is 12.4. The maximum atomic E-state index is 12.4. The zero-order valence-corrected chi connectivity index (χ0v) is 11.6. The molecule has 0 aliphatic carbocycles. The molecular weight excluding hydrogens is 278 g/mol. The molecule has 2 N–H and O–H groups in total. The molecule has 0 saturated carbocycles. The van der Waals surface area contributed by atoms with Crippen molar-refractivity contribution in [2.24, 2.45) is 0 Å². The zero-order chi connectivity index (χ0) is 14.1. The number of carbonyl (C=O) groups is 3. The third kappa shape index (κ3) is 2.40. The summed E-state index contributed by atoms with van der Waals surface area (Å²) in [5, 5.41) is 6.61. The minimum atomic E-state index is -0.736. The van der Waals surface area contributed by atoms with Crippen molar-refractivity contribution in [2.45, 2.75) is 31.3 Å². The number of likely N-dealkylation sites (tertiary alicyclic amines) is 1. The summed E-state index contributed by atoms with van der Waals surface area (Å²) >= 11 is 1.64. The van der Waals surface area contributed by atoms with Crippen LogP contribution < -0.4 is 10.6 Å². The molecule has 2 aliphatic heterocycles. The van der Waals surface area contributed by atoms with E-state index in [-0.39, 0.29) is 18.4 Å². The number of nitrogens with zero attached hydrogens (tertiary/aromatic N) is 1. The fraction of sp³-hybridized carbons (Fsp3) is 0.462. The van der Waals surface area contributed by atoms with Gasteiger partial charge in [0.2, 0.25) is 5.91 Å². The van der Waals surface area contributed by atoms with Crippen LogP contribution in [-0.4, -0.2) is 35.3 Å². The topological polar surface area (TPSA) is 78.5 Å². The molecule has 0 bridgehead atoms. The number of imide groups is 1. The van der Waals surface area contributed by atoms with Crippen molar-refractivity contribution in [3.63, 3.8) is 0 Å². The Balaban J connectivity index is 1.67. The molecular formula is C13H15N3O3S. The Labute approximate surface area is 120 Å². The van der Waals surface area contributed by atoms with Crippen LogP contribution in [0, 0.1) is 0 Å². The van der Waals surface area contributed by atoms with Crippen molar-refractivity contribution < 1.29 is 14.4 Å². The summed E-state index contributed by atoms with van der Waals surface area (Å²) in [7, 11) is 0. The van der Waals surface area contributed by atoms with Crippen LogP contribution in [0.1, 0.15) is 30.2 Å². The van der Waals surface area contributed by atoms with Crippen LogP contribution >= 0.6 is 11.3 Å². The van der Waals surface area contributed by atoms with Crippen molar-refractivity contribution in [3.05, 3.63) is 22.4 Å².